The van der Waals surface area contributed by atoms with Crippen molar-refractivity contribution in [1.29, 1.82) is 0 Å². The van der Waals surface area contributed by atoms with Crippen molar-refractivity contribution >= 4 is 44.6 Å². The lowest BCUT2D eigenvalue weighted by molar-refractivity contribution is -0.202. The van der Waals surface area contributed by atoms with Crippen molar-refractivity contribution in [2.24, 2.45) is 11.8 Å². The molecule has 152 valence electrons. The molecule has 4 rings (SSSR count). The predicted octanol–water partition coefficient (Wildman–Crippen LogP) is 2.36. The van der Waals surface area contributed by atoms with Crippen molar-refractivity contribution in [3.8, 4) is 5.75 Å². The SMILES string of the molecule is O=C1OC2(CC3CC2CC3OC(=O)C(F)(F)S(=O)(=O)O)Oc2cccc(I)c21. The van der Waals surface area contributed by atoms with Crippen LogP contribution in [0.4, 0.5) is 8.78 Å². The summed E-state index contributed by atoms with van der Waals surface area (Å²) in [6.07, 6.45) is -0.425. The largest absolute Gasteiger partial charge is 0.465 e. The summed E-state index contributed by atoms with van der Waals surface area (Å²) in [6.45, 7) is 0. The van der Waals surface area contributed by atoms with Gasteiger partial charge in [-0.05, 0) is 47.6 Å². The van der Waals surface area contributed by atoms with Gasteiger partial charge in [-0.2, -0.15) is 17.2 Å². The topological polar surface area (TPSA) is 116 Å². The van der Waals surface area contributed by atoms with Crippen molar-refractivity contribution in [3.05, 3.63) is 27.3 Å². The fourth-order valence-electron chi connectivity index (χ4n) is 4.10. The van der Waals surface area contributed by atoms with Crippen LogP contribution in [0.1, 0.15) is 29.6 Å². The molecule has 8 nitrogen and oxygen atoms in total. The Morgan fingerprint density at radius 1 is 1.32 bits per heavy atom. The molecule has 0 radical (unpaired) electrons. The van der Waals surface area contributed by atoms with Gasteiger partial charge in [0.05, 0.1) is 0 Å². The molecule has 1 spiro atoms. The summed E-state index contributed by atoms with van der Waals surface area (Å²) in [5.41, 5.74) is 0.312. The average Bonchev–Trinajstić information content (AvgIpc) is 3.10. The molecule has 1 aromatic carbocycles. The molecule has 0 amide bonds. The van der Waals surface area contributed by atoms with Gasteiger partial charge >= 0.3 is 27.3 Å². The fraction of sp³-hybridized carbons (Fsp3) is 0.500. The van der Waals surface area contributed by atoms with Crippen molar-refractivity contribution in [3.63, 3.8) is 0 Å². The number of hydrogen-bond acceptors (Lipinski definition) is 7. The molecule has 0 aromatic heterocycles. The van der Waals surface area contributed by atoms with Gasteiger partial charge in [0, 0.05) is 21.8 Å². The van der Waals surface area contributed by atoms with Crippen LogP contribution in [0.5, 0.6) is 5.75 Å². The summed E-state index contributed by atoms with van der Waals surface area (Å²) in [7, 11) is -5.93. The molecule has 12 heteroatoms. The Morgan fingerprint density at radius 2 is 2.04 bits per heavy atom. The number of carbonyl (C=O) groups excluding carboxylic acids is 2. The van der Waals surface area contributed by atoms with Crippen LogP contribution in [-0.4, -0.2) is 42.1 Å². The first-order valence-corrected chi connectivity index (χ1v) is 10.7. The van der Waals surface area contributed by atoms with E-state index in [1.165, 1.54) is 0 Å². The number of rotatable bonds is 3. The van der Waals surface area contributed by atoms with E-state index in [2.05, 4.69) is 4.74 Å². The molecular formula is C16H13F2IO8S. The van der Waals surface area contributed by atoms with E-state index in [0.29, 0.717) is 21.3 Å². The van der Waals surface area contributed by atoms with E-state index in [4.69, 9.17) is 14.0 Å². The maximum Gasteiger partial charge on any atom is 0.465 e. The number of carbonyl (C=O) groups is 2. The zero-order valence-electron chi connectivity index (χ0n) is 13.9. The summed E-state index contributed by atoms with van der Waals surface area (Å²) >= 11 is 1.98. The molecule has 1 aliphatic heterocycles. The van der Waals surface area contributed by atoms with Gasteiger partial charge in [-0.15, -0.1) is 0 Å². The molecule has 1 aromatic rings. The molecule has 4 atom stereocenters. The quantitative estimate of drug-likeness (QED) is 0.360. The van der Waals surface area contributed by atoms with Crippen LogP contribution in [-0.2, 0) is 24.4 Å². The van der Waals surface area contributed by atoms with E-state index < -0.39 is 51.0 Å². The van der Waals surface area contributed by atoms with Crippen LogP contribution in [0.2, 0.25) is 0 Å². The monoisotopic (exact) mass is 530 g/mol. The molecule has 2 aliphatic carbocycles. The molecule has 3 aliphatic rings. The number of benzene rings is 1. The number of alkyl halides is 2. The molecule has 1 N–H and O–H groups in total. The number of esters is 2. The van der Waals surface area contributed by atoms with Gasteiger partial charge in [0.25, 0.3) is 5.79 Å². The second-order valence-corrected chi connectivity index (χ2v) is 9.61. The smallest absolute Gasteiger partial charge is 0.457 e. The standard InChI is InChI=1S/C16H13F2IO8S/c17-16(18,28(22,23)24)14(21)25-11-5-8-4-7(11)6-15(8)26-10-3-1-2-9(19)12(10)13(20)27-15/h1-3,7-8,11H,4-6H2,(H,22,23,24). The highest BCUT2D eigenvalue weighted by Gasteiger charge is 2.64. The number of halogens is 3. The minimum absolute atomic E-state index is 0.0600. The molecule has 2 fully saturated rings. The van der Waals surface area contributed by atoms with Crippen molar-refractivity contribution in [2.45, 2.75) is 36.4 Å². The lowest BCUT2D eigenvalue weighted by Crippen LogP contribution is -2.51. The van der Waals surface area contributed by atoms with Crippen LogP contribution in [0.25, 0.3) is 0 Å². The van der Waals surface area contributed by atoms with E-state index in [9.17, 15) is 26.8 Å². The van der Waals surface area contributed by atoms with E-state index in [0.717, 1.165) is 0 Å². The zero-order chi connectivity index (χ0) is 20.5. The highest BCUT2D eigenvalue weighted by Crippen LogP contribution is 2.56. The lowest BCUT2D eigenvalue weighted by Gasteiger charge is -2.42. The number of hydrogen-bond donors (Lipinski definition) is 1. The van der Waals surface area contributed by atoms with Gasteiger partial charge in [-0.25, -0.2) is 9.59 Å². The Balaban J connectivity index is 1.51. The maximum absolute atomic E-state index is 13.4. The van der Waals surface area contributed by atoms with Crippen LogP contribution in [0.15, 0.2) is 18.2 Å². The van der Waals surface area contributed by atoms with Gasteiger partial charge < -0.3 is 14.2 Å². The van der Waals surface area contributed by atoms with Gasteiger partial charge in [-0.3, -0.25) is 4.55 Å². The molecule has 4 unspecified atom stereocenters. The van der Waals surface area contributed by atoms with Crippen LogP contribution in [0.3, 0.4) is 0 Å². The Bertz CT molecular complexity index is 981. The van der Waals surface area contributed by atoms with Crippen molar-refractivity contribution in [2.75, 3.05) is 0 Å². The first kappa shape index (κ1) is 19.8. The fourth-order valence-corrected chi connectivity index (χ4v) is 5.05. The summed E-state index contributed by atoms with van der Waals surface area (Å²) in [5, 5.41) is -5.05. The Labute approximate surface area is 171 Å². The van der Waals surface area contributed by atoms with Crippen LogP contribution < -0.4 is 4.74 Å². The van der Waals surface area contributed by atoms with Crippen LogP contribution in [0, 0.1) is 15.4 Å². The summed E-state index contributed by atoms with van der Waals surface area (Å²) in [5.74, 6) is -4.66. The second-order valence-electron chi connectivity index (χ2n) is 6.98. The van der Waals surface area contributed by atoms with Gasteiger partial charge in [0.15, 0.2) is 0 Å². The van der Waals surface area contributed by atoms with E-state index in [-0.39, 0.29) is 12.8 Å². The normalized spacial score (nSPS) is 31.3. The van der Waals surface area contributed by atoms with E-state index in [1.807, 2.05) is 22.6 Å². The van der Waals surface area contributed by atoms with Gasteiger partial charge in [-0.1, -0.05) is 6.07 Å². The summed E-state index contributed by atoms with van der Waals surface area (Å²) in [6, 6.07) is 5.09. The first-order valence-electron chi connectivity index (χ1n) is 8.21. The molecular weight excluding hydrogens is 517 g/mol. The second kappa shape index (κ2) is 6.23. The van der Waals surface area contributed by atoms with E-state index in [1.54, 1.807) is 18.2 Å². The molecule has 2 bridgehead atoms. The molecule has 2 saturated carbocycles. The van der Waals surface area contributed by atoms with Gasteiger partial charge in [0.2, 0.25) is 0 Å². The zero-order valence-corrected chi connectivity index (χ0v) is 16.9. The Morgan fingerprint density at radius 3 is 2.64 bits per heavy atom. The van der Waals surface area contributed by atoms with Crippen LogP contribution >= 0.6 is 22.6 Å². The predicted molar refractivity (Wildman–Crippen MR) is 95.1 cm³/mol. The van der Waals surface area contributed by atoms with Crippen molar-refractivity contribution < 1.29 is 45.6 Å². The Kier molecular flexibility index (Phi) is 4.39. The lowest BCUT2D eigenvalue weighted by atomic mass is 9.90. The van der Waals surface area contributed by atoms with E-state index >= 15 is 0 Å². The molecule has 28 heavy (non-hydrogen) atoms. The Hall–Kier alpha value is -1.54. The number of fused-ring (bicyclic) bond motifs is 4. The van der Waals surface area contributed by atoms with Gasteiger partial charge in [0.1, 0.15) is 17.4 Å². The third kappa shape index (κ3) is 2.87. The average molecular weight is 530 g/mol. The third-order valence-corrected chi connectivity index (χ3v) is 7.06. The summed E-state index contributed by atoms with van der Waals surface area (Å²) in [4.78, 5) is 24.0. The molecule has 0 saturated heterocycles. The van der Waals surface area contributed by atoms with Crippen molar-refractivity contribution in [1.82, 2.24) is 0 Å². The third-order valence-electron chi connectivity index (χ3n) is 5.35. The molecule has 1 heterocycles. The number of ether oxygens (including phenoxy) is 3. The minimum Gasteiger partial charge on any atom is -0.457 e. The summed E-state index contributed by atoms with van der Waals surface area (Å²) < 4.78 is 73.5. The highest BCUT2D eigenvalue weighted by molar-refractivity contribution is 14.1. The minimum atomic E-state index is -5.93. The highest BCUT2D eigenvalue weighted by atomic mass is 127. The first-order chi connectivity index (χ1) is 12.9. The maximum atomic E-state index is 13.4.